The Morgan fingerprint density at radius 1 is 1.26 bits per heavy atom. The first-order chi connectivity index (χ1) is 11.3. The minimum Gasteiger partial charge on any atom is -0.489 e. The summed E-state index contributed by atoms with van der Waals surface area (Å²) in [5.41, 5.74) is 1.11. The van der Waals surface area contributed by atoms with Crippen molar-refractivity contribution in [3.05, 3.63) is 54.2 Å². The number of carbonyl (C=O) groups excluding carboxylic acids is 1. The van der Waals surface area contributed by atoms with Gasteiger partial charge in [0, 0.05) is 25.4 Å². The third-order valence-corrected chi connectivity index (χ3v) is 3.76. The van der Waals surface area contributed by atoms with E-state index in [1.54, 1.807) is 12.3 Å². The van der Waals surface area contributed by atoms with Crippen molar-refractivity contribution in [2.45, 2.75) is 19.1 Å². The summed E-state index contributed by atoms with van der Waals surface area (Å²) in [6.45, 7) is 2.43. The quantitative estimate of drug-likeness (QED) is 0.785. The fraction of sp³-hybridized carbons (Fsp3) is 0.333. The second kappa shape index (κ2) is 7.74. The van der Waals surface area contributed by atoms with Gasteiger partial charge in [-0.3, -0.25) is 9.69 Å². The molecule has 0 N–H and O–H groups in total. The smallest absolute Gasteiger partial charge is 0.217 e. The van der Waals surface area contributed by atoms with Gasteiger partial charge in [-0.1, -0.05) is 30.3 Å². The molecule has 1 aromatic carbocycles. The molecule has 1 aliphatic rings. The van der Waals surface area contributed by atoms with Gasteiger partial charge < -0.3 is 9.47 Å². The van der Waals surface area contributed by atoms with Crippen LogP contribution in [-0.2, 0) is 11.4 Å². The van der Waals surface area contributed by atoms with Crippen molar-refractivity contribution in [3.63, 3.8) is 0 Å². The van der Waals surface area contributed by atoms with E-state index in [0.717, 1.165) is 30.8 Å². The van der Waals surface area contributed by atoms with E-state index in [0.29, 0.717) is 19.0 Å². The molecule has 1 radical (unpaired) electrons. The van der Waals surface area contributed by atoms with E-state index in [2.05, 4.69) is 4.98 Å². The Morgan fingerprint density at radius 3 is 2.96 bits per heavy atom. The van der Waals surface area contributed by atoms with E-state index in [4.69, 9.17) is 9.47 Å². The summed E-state index contributed by atoms with van der Waals surface area (Å²) in [5, 5.41) is 0. The minimum absolute atomic E-state index is 0.0558. The Labute approximate surface area is 135 Å². The lowest BCUT2D eigenvalue weighted by Crippen LogP contribution is -2.26. The molecule has 0 spiro atoms. The van der Waals surface area contributed by atoms with E-state index in [9.17, 15) is 4.79 Å². The van der Waals surface area contributed by atoms with Gasteiger partial charge in [0.15, 0.2) is 0 Å². The Kier molecular flexibility index (Phi) is 5.21. The first kappa shape index (κ1) is 15.5. The summed E-state index contributed by atoms with van der Waals surface area (Å²) in [6, 6.07) is 13.6. The van der Waals surface area contributed by atoms with Crippen molar-refractivity contribution in [3.8, 4) is 11.6 Å². The average molecular weight is 311 g/mol. The van der Waals surface area contributed by atoms with Gasteiger partial charge >= 0.3 is 0 Å². The Bertz CT molecular complexity index is 633. The molecule has 1 fully saturated rings. The molecular formula is C18H19N2O3. The van der Waals surface area contributed by atoms with Gasteiger partial charge in [0.25, 0.3) is 0 Å². The van der Waals surface area contributed by atoms with E-state index >= 15 is 0 Å². The zero-order valence-electron chi connectivity index (χ0n) is 12.9. The summed E-state index contributed by atoms with van der Waals surface area (Å²) in [6.07, 6.45) is 4.55. The molecule has 1 saturated heterocycles. The highest BCUT2D eigenvalue weighted by molar-refractivity contribution is 5.53. The Hall–Kier alpha value is -2.40. The number of aromatic nitrogens is 1. The number of likely N-dealkylation sites (tertiary alicyclic amines) is 1. The summed E-state index contributed by atoms with van der Waals surface area (Å²) in [5.74, 6) is 1.28. The standard InChI is InChI=1S/C18H19N2O3/c21-11-10-20-9-7-17(13-20)23-18-12-16(6-8-19-18)22-14-15-4-2-1-3-5-15/h1-6,8,12,17H,7,9-10,13-14H2/t17-/m0/s1. The molecule has 2 heterocycles. The average Bonchev–Trinajstić information content (AvgIpc) is 3.02. The summed E-state index contributed by atoms with van der Waals surface area (Å²) in [4.78, 5) is 16.7. The van der Waals surface area contributed by atoms with Gasteiger partial charge in [-0.05, 0) is 18.1 Å². The predicted octanol–water partition coefficient (Wildman–Crippen LogP) is 2.22. The van der Waals surface area contributed by atoms with Crippen LogP contribution in [0.25, 0.3) is 0 Å². The lowest BCUT2D eigenvalue weighted by atomic mass is 10.2. The second-order valence-corrected chi connectivity index (χ2v) is 5.51. The molecule has 5 nitrogen and oxygen atoms in total. The fourth-order valence-corrected chi connectivity index (χ4v) is 2.59. The van der Waals surface area contributed by atoms with Crippen LogP contribution in [0, 0.1) is 0 Å². The molecule has 2 aromatic rings. The van der Waals surface area contributed by atoms with Crippen LogP contribution in [0.1, 0.15) is 12.0 Å². The number of benzene rings is 1. The molecule has 3 rings (SSSR count). The molecule has 0 bridgehead atoms. The normalized spacial score (nSPS) is 17.8. The van der Waals surface area contributed by atoms with Gasteiger partial charge in [0.1, 0.15) is 18.5 Å². The van der Waals surface area contributed by atoms with Crippen molar-refractivity contribution in [1.82, 2.24) is 9.88 Å². The van der Waals surface area contributed by atoms with E-state index in [1.807, 2.05) is 47.6 Å². The highest BCUT2D eigenvalue weighted by atomic mass is 16.5. The highest BCUT2D eigenvalue weighted by Crippen LogP contribution is 2.21. The van der Waals surface area contributed by atoms with Crippen molar-refractivity contribution in [2.24, 2.45) is 0 Å². The minimum atomic E-state index is 0.0558. The largest absolute Gasteiger partial charge is 0.489 e. The van der Waals surface area contributed by atoms with E-state index in [1.165, 1.54) is 0 Å². The third kappa shape index (κ3) is 4.53. The molecule has 0 unspecified atom stereocenters. The summed E-state index contributed by atoms with van der Waals surface area (Å²) >= 11 is 0. The number of pyridine rings is 1. The lowest BCUT2D eigenvalue weighted by molar-refractivity contribution is 0.196. The maximum atomic E-state index is 10.4. The van der Waals surface area contributed by atoms with Crippen LogP contribution >= 0.6 is 0 Å². The van der Waals surface area contributed by atoms with E-state index in [-0.39, 0.29) is 6.10 Å². The van der Waals surface area contributed by atoms with Crippen LogP contribution < -0.4 is 9.47 Å². The summed E-state index contributed by atoms with van der Waals surface area (Å²) < 4.78 is 11.7. The van der Waals surface area contributed by atoms with Gasteiger partial charge in [-0.15, -0.1) is 0 Å². The SMILES string of the molecule is O=[C]CN1CC[C@H](Oc2cc(OCc3ccccc3)ccn2)C1. The first-order valence-corrected chi connectivity index (χ1v) is 7.70. The zero-order valence-corrected chi connectivity index (χ0v) is 12.9. The van der Waals surface area contributed by atoms with Crippen LogP contribution in [0.3, 0.4) is 0 Å². The van der Waals surface area contributed by atoms with Crippen molar-refractivity contribution in [2.75, 3.05) is 19.6 Å². The van der Waals surface area contributed by atoms with Crippen LogP contribution in [0.5, 0.6) is 11.6 Å². The third-order valence-electron chi connectivity index (χ3n) is 3.76. The molecule has 1 aliphatic heterocycles. The van der Waals surface area contributed by atoms with Crippen LogP contribution in [-0.4, -0.2) is 41.9 Å². The first-order valence-electron chi connectivity index (χ1n) is 7.70. The molecule has 1 atom stereocenters. The van der Waals surface area contributed by atoms with Gasteiger partial charge in [0.2, 0.25) is 12.2 Å². The second-order valence-electron chi connectivity index (χ2n) is 5.51. The lowest BCUT2D eigenvalue weighted by Gasteiger charge is -2.14. The van der Waals surface area contributed by atoms with Crippen molar-refractivity contribution >= 4 is 6.29 Å². The zero-order chi connectivity index (χ0) is 15.9. The van der Waals surface area contributed by atoms with Crippen molar-refractivity contribution < 1.29 is 14.3 Å². The number of hydrogen-bond donors (Lipinski definition) is 0. The number of nitrogens with zero attached hydrogens (tertiary/aromatic N) is 2. The maximum absolute atomic E-state index is 10.4. The molecule has 0 amide bonds. The Balaban J connectivity index is 1.54. The number of hydrogen-bond acceptors (Lipinski definition) is 5. The molecular weight excluding hydrogens is 292 g/mol. The number of ether oxygens (including phenoxy) is 2. The van der Waals surface area contributed by atoms with E-state index < -0.39 is 0 Å². The van der Waals surface area contributed by atoms with Crippen LogP contribution in [0.2, 0.25) is 0 Å². The fourth-order valence-electron chi connectivity index (χ4n) is 2.59. The van der Waals surface area contributed by atoms with Gasteiger partial charge in [0.05, 0.1) is 6.54 Å². The predicted molar refractivity (Wildman–Crippen MR) is 86.2 cm³/mol. The van der Waals surface area contributed by atoms with Crippen molar-refractivity contribution in [1.29, 1.82) is 0 Å². The monoisotopic (exact) mass is 311 g/mol. The maximum Gasteiger partial charge on any atom is 0.217 e. The topological polar surface area (TPSA) is 51.7 Å². The molecule has 23 heavy (non-hydrogen) atoms. The highest BCUT2D eigenvalue weighted by Gasteiger charge is 2.24. The Morgan fingerprint density at radius 2 is 2.13 bits per heavy atom. The van der Waals surface area contributed by atoms with Crippen LogP contribution in [0.15, 0.2) is 48.7 Å². The summed E-state index contributed by atoms with van der Waals surface area (Å²) in [7, 11) is 0. The molecule has 0 saturated carbocycles. The molecule has 1 aromatic heterocycles. The van der Waals surface area contributed by atoms with Gasteiger partial charge in [-0.25, -0.2) is 4.98 Å². The number of rotatable bonds is 7. The van der Waals surface area contributed by atoms with Crippen LogP contribution in [0.4, 0.5) is 0 Å². The molecule has 119 valence electrons. The molecule has 0 aliphatic carbocycles. The molecule has 5 heteroatoms. The van der Waals surface area contributed by atoms with Gasteiger partial charge in [-0.2, -0.15) is 0 Å².